The van der Waals surface area contributed by atoms with Gasteiger partial charge in [0, 0.05) is 6.54 Å². The Balaban J connectivity index is 1.81. The Hall–Kier alpha value is -2.57. The molecule has 0 aliphatic heterocycles. The van der Waals surface area contributed by atoms with E-state index in [9.17, 15) is 20.1 Å². The Bertz CT molecular complexity index is 674. The third kappa shape index (κ3) is 4.97. The first kappa shape index (κ1) is 17.8. The Kier molecular flexibility index (Phi) is 6.17. The second-order valence-electron chi connectivity index (χ2n) is 5.50. The summed E-state index contributed by atoms with van der Waals surface area (Å²) in [7, 11) is 0. The van der Waals surface area contributed by atoms with E-state index in [1.165, 1.54) is 18.2 Å². The number of aromatic hydroxyl groups is 1. The van der Waals surface area contributed by atoms with Gasteiger partial charge in [-0.25, -0.2) is 4.79 Å². The highest BCUT2D eigenvalue weighted by molar-refractivity contribution is 5.67. The van der Waals surface area contributed by atoms with Crippen molar-refractivity contribution in [3.8, 4) is 5.75 Å². The van der Waals surface area contributed by atoms with E-state index in [1.807, 2.05) is 30.3 Å². The number of ether oxygens (including phenoxy) is 1. The lowest BCUT2D eigenvalue weighted by Crippen LogP contribution is -2.36. The van der Waals surface area contributed by atoms with E-state index in [1.54, 1.807) is 6.92 Å². The van der Waals surface area contributed by atoms with Crippen LogP contribution in [0.15, 0.2) is 48.5 Å². The number of aryl methyl sites for hydroxylation is 1. The monoisotopic (exact) mass is 331 g/mol. The van der Waals surface area contributed by atoms with Crippen molar-refractivity contribution in [2.45, 2.75) is 25.7 Å². The number of carbonyl (C=O) groups is 1. The third-order valence-electron chi connectivity index (χ3n) is 3.60. The fourth-order valence-electron chi connectivity index (χ4n) is 2.27. The Labute approximate surface area is 140 Å². The van der Waals surface area contributed by atoms with Crippen LogP contribution in [0.2, 0.25) is 0 Å². The van der Waals surface area contributed by atoms with Crippen molar-refractivity contribution in [2.75, 3.05) is 6.54 Å². The number of amides is 1. The van der Waals surface area contributed by atoms with Gasteiger partial charge in [0.15, 0.2) is 0 Å². The predicted octanol–water partition coefficient (Wildman–Crippen LogP) is 2.02. The summed E-state index contributed by atoms with van der Waals surface area (Å²) in [6, 6.07) is 13.7. The van der Waals surface area contributed by atoms with Gasteiger partial charge in [-0.2, -0.15) is 0 Å². The predicted molar refractivity (Wildman–Crippen MR) is 88.4 cm³/mol. The topological polar surface area (TPSA) is 99.0 Å². The summed E-state index contributed by atoms with van der Waals surface area (Å²) in [5.74, 6) is 0.0838. The maximum atomic E-state index is 11.6. The van der Waals surface area contributed by atoms with E-state index in [0.29, 0.717) is 11.1 Å². The normalized spacial score (nSPS) is 13.1. The van der Waals surface area contributed by atoms with E-state index in [-0.39, 0.29) is 18.9 Å². The second kappa shape index (κ2) is 8.33. The molecule has 4 N–H and O–H groups in total. The molecule has 6 nitrogen and oxygen atoms in total. The van der Waals surface area contributed by atoms with Crippen molar-refractivity contribution >= 4 is 6.09 Å². The molecule has 0 spiro atoms. The molecule has 0 bridgehead atoms. The van der Waals surface area contributed by atoms with Gasteiger partial charge in [-0.15, -0.1) is 0 Å². The van der Waals surface area contributed by atoms with Crippen LogP contribution in [0.25, 0.3) is 0 Å². The molecule has 0 aromatic heterocycles. The number of hydrogen-bond donors (Lipinski definition) is 4. The average molecular weight is 331 g/mol. The van der Waals surface area contributed by atoms with Crippen molar-refractivity contribution in [3.63, 3.8) is 0 Å². The molecule has 2 unspecified atom stereocenters. The number of aliphatic hydroxyl groups excluding tert-OH is 2. The fraction of sp³-hybridized carbons (Fsp3) is 0.278. The quantitative estimate of drug-likeness (QED) is 0.649. The van der Waals surface area contributed by atoms with Crippen LogP contribution in [0.5, 0.6) is 5.75 Å². The van der Waals surface area contributed by atoms with Gasteiger partial charge in [0.1, 0.15) is 24.6 Å². The molecule has 6 heteroatoms. The van der Waals surface area contributed by atoms with Gasteiger partial charge >= 0.3 is 6.09 Å². The van der Waals surface area contributed by atoms with E-state index >= 15 is 0 Å². The molecule has 0 saturated carbocycles. The summed E-state index contributed by atoms with van der Waals surface area (Å²) in [6.07, 6.45) is -3.05. The minimum Gasteiger partial charge on any atom is -0.508 e. The van der Waals surface area contributed by atoms with E-state index in [4.69, 9.17) is 4.74 Å². The standard InChI is InChI=1S/C18H21NO5/c1-12-9-14(20)7-8-15(12)17(22)16(21)10-19-18(23)24-11-13-5-3-2-4-6-13/h2-9,16-17,20-22H,10-11H2,1H3,(H,19,23). The highest BCUT2D eigenvalue weighted by atomic mass is 16.5. The fourth-order valence-corrected chi connectivity index (χ4v) is 2.27. The summed E-state index contributed by atoms with van der Waals surface area (Å²) < 4.78 is 5.03. The lowest BCUT2D eigenvalue weighted by atomic mass is 9.99. The minimum absolute atomic E-state index is 0.0838. The number of alkyl carbamates (subject to hydrolysis) is 1. The van der Waals surface area contributed by atoms with E-state index in [2.05, 4.69) is 5.32 Å². The first-order chi connectivity index (χ1) is 11.5. The summed E-state index contributed by atoms with van der Waals surface area (Å²) in [5, 5.41) is 32.0. The Morgan fingerprint density at radius 3 is 2.54 bits per heavy atom. The van der Waals surface area contributed by atoms with Gasteiger partial charge in [-0.1, -0.05) is 36.4 Å². The molecule has 1 amide bonds. The zero-order valence-corrected chi connectivity index (χ0v) is 13.3. The first-order valence-corrected chi connectivity index (χ1v) is 7.57. The summed E-state index contributed by atoms with van der Waals surface area (Å²) in [5.41, 5.74) is 1.99. The molecule has 0 radical (unpaired) electrons. The zero-order chi connectivity index (χ0) is 17.5. The third-order valence-corrected chi connectivity index (χ3v) is 3.60. The van der Waals surface area contributed by atoms with Gasteiger partial charge < -0.3 is 25.4 Å². The Morgan fingerprint density at radius 1 is 1.17 bits per heavy atom. The summed E-state index contributed by atoms with van der Waals surface area (Å²) in [6.45, 7) is 1.68. The molecule has 0 aliphatic rings. The molecule has 2 rings (SSSR count). The summed E-state index contributed by atoms with van der Waals surface area (Å²) >= 11 is 0. The molecule has 2 aromatic carbocycles. The molecule has 24 heavy (non-hydrogen) atoms. The maximum absolute atomic E-state index is 11.6. The molecular weight excluding hydrogens is 310 g/mol. The van der Waals surface area contributed by atoms with Crippen molar-refractivity contribution in [1.82, 2.24) is 5.32 Å². The number of hydrogen-bond acceptors (Lipinski definition) is 5. The van der Waals surface area contributed by atoms with E-state index in [0.717, 1.165) is 5.56 Å². The van der Waals surface area contributed by atoms with Crippen LogP contribution in [-0.2, 0) is 11.3 Å². The molecule has 2 atom stereocenters. The number of aliphatic hydroxyl groups is 2. The number of benzene rings is 2. The number of rotatable bonds is 6. The van der Waals surface area contributed by atoms with Crippen LogP contribution < -0.4 is 5.32 Å². The van der Waals surface area contributed by atoms with Gasteiger partial charge in [0.2, 0.25) is 0 Å². The smallest absolute Gasteiger partial charge is 0.407 e. The van der Waals surface area contributed by atoms with Crippen molar-refractivity contribution < 1.29 is 24.9 Å². The van der Waals surface area contributed by atoms with Crippen LogP contribution in [0, 0.1) is 6.92 Å². The lowest BCUT2D eigenvalue weighted by Gasteiger charge is -2.20. The average Bonchev–Trinajstić information content (AvgIpc) is 2.58. The SMILES string of the molecule is Cc1cc(O)ccc1C(O)C(O)CNC(=O)OCc1ccccc1. The second-order valence-corrected chi connectivity index (χ2v) is 5.50. The molecule has 0 saturated heterocycles. The van der Waals surface area contributed by atoms with Crippen LogP contribution in [0.4, 0.5) is 4.79 Å². The van der Waals surface area contributed by atoms with Crippen LogP contribution in [0.1, 0.15) is 22.8 Å². The van der Waals surface area contributed by atoms with Gasteiger partial charge in [-0.05, 0) is 35.7 Å². The van der Waals surface area contributed by atoms with Crippen LogP contribution in [0.3, 0.4) is 0 Å². The molecule has 0 fully saturated rings. The molecule has 0 heterocycles. The highest BCUT2D eigenvalue weighted by Crippen LogP contribution is 2.24. The molecular formula is C18H21NO5. The first-order valence-electron chi connectivity index (χ1n) is 7.57. The largest absolute Gasteiger partial charge is 0.508 e. The molecule has 0 aliphatic carbocycles. The maximum Gasteiger partial charge on any atom is 0.407 e. The van der Waals surface area contributed by atoms with E-state index < -0.39 is 18.3 Å². The zero-order valence-electron chi connectivity index (χ0n) is 13.3. The number of phenols is 1. The van der Waals surface area contributed by atoms with Gasteiger partial charge in [0.05, 0.1) is 0 Å². The molecule has 2 aromatic rings. The van der Waals surface area contributed by atoms with Crippen molar-refractivity contribution in [3.05, 3.63) is 65.2 Å². The number of phenolic OH excluding ortho intramolecular Hbond substituents is 1. The highest BCUT2D eigenvalue weighted by Gasteiger charge is 2.21. The molecule has 128 valence electrons. The lowest BCUT2D eigenvalue weighted by molar-refractivity contribution is 0.0180. The van der Waals surface area contributed by atoms with Crippen molar-refractivity contribution in [1.29, 1.82) is 0 Å². The van der Waals surface area contributed by atoms with Gasteiger partial charge in [-0.3, -0.25) is 0 Å². The number of carbonyl (C=O) groups excluding carboxylic acids is 1. The van der Waals surface area contributed by atoms with Crippen LogP contribution >= 0.6 is 0 Å². The number of nitrogens with one attached hydrogen (secondary N) is 1. The van der Waals surface area contributed by atoms with Crippen molar-refractivity contribution in [2.24, 2.45) is 0 Å². The van der Waals surface area contributed by atoms with Gasteiger partial charge in [0.25, 0.3) is 0 Å². The Morgan fingerprint density at radius 2 is 1.88 bits per heavy atom. The summed E-state index contributed by atoms with van der Waals surface area (Å²) in [4.78, 5) is 11.6. The van der Waals surface area contributed by atoms with Crippen LogP contribution in [-0.4, -0.2) is 34.1 Å². The minimum atomic E-state index is -1.20.